The topological polar surface area (TPSA) is 43.8 Å². The fourth-order valence-corrected chi connectivity index (χ4v) is 2.63. The van der Waals surface area contributed by atoms with Gasteiger partial charge in [-0.15, -0.1) is 0 Å². The lowest BCUT2D eigenvalue weighted by atomic mass is 10.0. The lowest BCUT2D eigenvalue weighted by molar-refractivity contribution is -0.130. The molecule has 1 heterocycles. The number of carbonyl (C=O) groups is 1. The summed E-state index contributed by atoms with van der Waals surface area (Å²) in [6.45, 7) is 8.94. The summed E-state index contributed by atoms with van der Waals surface area (Å²) in [4.78, 5) is 15.5. The molecule has 1 aromatic carbocycles. The van der Waals surface area contributed by atoms with Gasteiger partial charge in [0.1, 0.15) is 5.75 Å². The number of hydrogen-bond acceptors (Lipinski definition) is 3. The third-order valence-corrected chi connectivity index (χ3v) is 3.94. The molecule has 1 aliphatic heterocycles. The van der Waals surface area contributed by atoms with Gasteiger partial charge >= 0.3 is 0 Å². The number of rotatable bonds is 2. The summed E-state index contributed by atoms with van der Waals surface area (Å²) < 4.78 is 0. The largest absolute Gasteiger partial charge is 0.508 e. The van der Waals surface area contributed by atoms with Crippen LogP contribution in [-0.4, -0.2) is 47.0 Å². The molecule has 1 N–H and O–H groups in total. The first-order valence-electron chi connectivity index (χ1n) is 6.78. The first-order chi connectivity index (χ1) is 8.99. The van der Waals surface area contributed by atoms with E-state index >= 15 is 0 Å². The Morgan fingerprint density at radius 1 is 1.26 bits per heavy atom. The van der Waals surface area contributed by atoms with Crippen LogP contribution in [0.15, 0.2) is 18.2 Å². The van der Waals surface area contributed by atoms with Crippen molar-refractivity contribution < 1.29 is 9.90 Å². The van der Waals surface area contributed by atoms with Gasteiger partial charge in [-0.3, -0.25) is 9.69 Å². The lowest BCUT2D eigenvalue weighted by Gasteiger charge is -2.38. The second-order valence-electron chi connectivity index (χ2n) is 5.28. The van der Waals surface area contributed by atoms with Crippen LogP contribution in [0, 0.1) is 6.92 Å². The number of phenolic OH excluding ortho intramolecular Hbond substituents is 1. The Bertz CT molecular complexity index is 465. The van der Waals surface area contributed by atoms with Crippen molar-refractivity contribution in [1.82, 2.24) is 9.80 Å². The molecule has 0 radical (unpaired) electrons. The molecule has 1 saturated heterocycles. The van der Waals surface area contributed by atoms with E-state index in [2.05, 4.69) is 11.8 Å². The van der Waals surface area contributed by atoms with Crippen molar-refractivity contribution in [2.45, 2.75) is 26.8 Å². The Kier molecular flexibility index (Phi) is 4.10. The zero-order chi connectivity index (χ0) is 14.0. The fraction of sp³-hybridized carbons (Fsp3) is 0.533. The number of phenols is 1. The summed E-state index contributed by atoms with van der Waals surface area (Å²) in [5, 5.41) is 10.0. The number of nitrogens with zero attached hydrogens (tertiary/aromatic N) is 2. The predicted molar refractivity (Wildman–Crippen MR) is 75.1 cm³/mol. The van der Waals surface area contributed by atoms with Crippen LogP contribution in [0.3, 0.4) is 0 Å². The minimum absolute atomic E-state index is 0.144. The minimum atomic E-state index is 0.144. The number of aryl methyl sites for hydroxylation is 1. The number of carbonyl (C=O) groups excluding carboxylic acids is 1. The Morgan fingerprint density at radius 3 is 2.42 bits per heavy atom. The molecule has 1 amide bonds. The van der Waals surface area contributed by atoms with Gasteiger partial charge in [0, 0.05) is 44.7 Å². The Balaban J connectivity index is 2.05. The maximum Gasteiger partial charge on any atom is 0.219 e. The van der Waals surface area contributed by atoms with Crippen LogP contribution in [0.4, 0.5) is 0 Å². The zero-order valence-corrected chi connectivity index (χ0v) is 11.9. The Hall–Kier alpha value is -1.55. The number of amides is 1. The van der Waals surface area contributed by atoms with E-state index in [1.807, 2.05) is 24.0 Å². The standard InChI is InChI=1S/C15H22N2O2/c1-11-4-5-14(15(19)10-11)12(2)16-6-8-17(9-7-16)13(3)18/h4-5,10,12,19H,6-9H2,1-3H3. The highest BCUT2D eigenvalue weighted by atomic mass is 16.3. The molecular formula is C15H22N2O2. The Labute approximate surface area is 114 Å². The van der Waals surface area contributed by atoms with Gasteiger partial charge in [0.15, 0.2) is 0 Å². The summed E-state index contributed by atoms with van der Waals surface area (Å²) in [6, 6.07) is 6.00. The summed E-state index contributed by atoms with van der Waals surface area (Å²) in [6.07, 6.45) is 0. The van der Waals surface area contributed by atoms with E-state index in [1.165, 1.54) is 0 Å². The average molecular weight is 262 g/mol. The van der Waals surface area contributed by atoms with E-state index in [9.17, 15) is 9.90 Å². The summed E-state index contributed by atoms with van der Waals surface area (Å²) in [7, 11) is 0. The smallest absolute Gasteiger partial charge is 0.219 e. The quantitative estimate of drug-likeness (QED) is 0.885. The maximum atomic E-state index is 11.3. The van der Waals surface area contributed by atoms with Crippen molar-refractivity contribution in [3.05, 3.63) is 29.3 Å². The van der Waals surface area contributed by atoms with Gasteiger partial charge < -0.3 is 10.0 Å². The number of benzene rings is 1. The predicted octanol–water partition coefficient (Wildman–Crippen LogP) is 1.93. The van der Waals surface area contributed by atoms with Gasteiger partial charge in [-0.2, -0.15) is 0 Å². The van der Waals surface area contributed by atoms with Crippen LogP contribution in [0.5, 0.6) is 5.75 Å². The molecule has 0 saturated carbocycles. The molecule has 104 valence electrons. The highest BCUT2D eigenvalue weighted by Gasteiger charge is 2.24. The van der Waals surface area contributed by atoms with Gasteiger partial charge in [-0.1, -0.05) is 12.1 Å². The number of aromatic hydroxyl groups is 1. The summed E-state index contributed by atoms with van der Waals surface area (Å²) >= 11 is 0. The SMILES string of the molecule is CC(=O)N1CCN(C(C)c2ccc(C)cc2O)CC1. The third-order valence-electron chi connectivity index (χ3n) is 3.94. The average Bonchev–Trinajstić information content (AvgIpc) is 2.38. The van der Waals surface area contributed by atoms with Crippen molar-refractivity contribution in [2.24, 2.45) is 0 Å². The molecule has 1 unspecified atom stereocenters. The van der Waals surface area contributed by atoms with Crippen molar-refractivity contribution in [3.63, 3.8) is 0 Å². The van der Waals surface area contributed by atoms with Gasteiger partial charge in [0.25, 0.3) is 0 Å². The van der Waals surface area contributed by atoms with Crippen LogP contribution in [0.25, 0.3) is 0 Å². The van der Waals surface area contributed by atoms with E-state index in [-0.39, 0.29) is 11.9 Å². The van der Waals surface area contributed by atoms with E-state index in [0.717, 1.165) is 37.3 Å². The molecule has 4 nitrogen and oxygen atoms in total. The molecule has 1 atom stereocenters. The highest BCUT2D eigenvalue weighted by Crippen LogP contribution is 2.29. The molecular weight excluding hydrogens is 240 g/mol. The minimum Gasteiger partial charge on any atom is -0.508 e. The molecule has 0 bridgehead atoms. The van der Waals surface area contributed by atoms with Crippen molar-refractivity contribution in [2.75, 3.05) is 26.2 Å². The van der Waals surface area contributed by atoms with Crippen LogP contribution >= 0.6 is 0 Å². The molecule has 0 aromatic heterocycles. The Morgan fingerprint density at radius 2 is 1.89 bits per heavy atom. The van der Waals surface area contributed by atoms with Crippen LogP contribution in [-0.2, 0) is 4.79 Å². The summed E-state index contributed by atoms with van der Waals surface area (Å²) in [5.41, 5.74) is 2.02. The summed E-state index contributed by atoms with van der Waals surface area (Å²) in [5.74, 6) is 0.506. The molecule has 1 fully saturated rings. The monoisotopic (exact) mass is 262 g/mol. The first-order valence-corrected chi connectivity index (χ1v) is 6.78. The normalized spacial score (nSPS) is 18.4. The molecule has 2 rings (SSSR count). The van der Waals surface area contributed by atoms with E-state index < -0.39 is 0 Å². The second kappa shape index (κ2) is 5.61. The van der Waals surface area contributed by atoms with Crippen LogP contribution < -0.4 is 0 Å². The third kappa shape index (κ3) is 3.07. The fourth-order valence-electron chi connectivity index (χ4n) is 2.63. The van der Waals surface area contributed by atoms with Crippen molar-refractivity contribution in [3.8, 4) is 5.75 Å². The molecule has 19 heavy (non-hydrogen) atoms. The number of piperazine rings is 1. The van der Waals surface area contributed by atoms with Crippen LogP contribution in [0.1, 0.15) is 31.0 Å². The van der Waals surface area contributed by atoms with Gasteiger partial charge in [-0.05, 0) is 25.5 Å². The van der Waals surface area contributed by atoms with Crippen molar-refractivity contribution in [1.29, 1.82) is 0 Å². The van der Waals surface area contributed by atoms with Crippen LogP contribution in [0.2, 0.25) is 0 Å². The molecule has 0 aliphatic carbocycles. The second-order valence-corrected chi connectivity index (χ2v) is 5.28. The van der Waals surface area contributed by atoms with E-state index in [0.29, 0.717) is 5.75 Å². The van der Waals surface area contributed by atoms with Gasteiger partial charge in [0.05, 0.1) is 0 Å². The molecule has 0 spiro atoms. The number of hydrogen-bond donors (Lipinski definition) is 1. The maximum absolute atomic E-state index is 11.3. The first kappa shape index (κ1) is 13.9. The van der Waals surface area contributed by atoms with Crippen molar-refractivity contribution >= 4 is 5.91 Å². The van der Waals surface area contributed by atoms with Gasteiger partial charge in [-0.25, -0.2) is 0 Å². The van der Waals surface area contributed by atoms with E-state index in [4.69, 9.17) is 0 Å². The zero-order valence-electron chi connectivity index (χ0n) is 11.9. The highest BCUT2D eigenvalue weighted by molar-refractivity contribution is 5.73. The lowest BCUT2D eigenvalue weighted by Crippen LogP contribution is -2.48. The van der Waals surface area contributed by atoms with Gasteiger partial charge in [0.2, 0.25) is 5.91 Å². The molecule has 4 heteroatoms. The molecule has 1 aliphatic rings. The van der Waals surface area contributed by atoms with E-state index in [1.54, 1.807) is 13.0 Å². The molecule has 1 aromatic rings.